The van der Waals surface area contributed by atoms with Crippen molar-refractivity contribution in [2.24, 2.45) is 5.92 Å². The van der Waals surface area contributed by atoms with E-state index in [1.165, 1.54) is 5.57 Å². The molecule has 1 aliphatic rings. The molecule has 0 spiro atoms. The second kappa shape index (κ2) is 6.39. The fourth-order valence-electron chi connectivity index (χ4n) is 1.99. The first-order valence-corrected chi connectivity index (χ1v) is 5.78. The number of allylic oxidation sites excluding steroid dienone is 5. The van der Waals surface area contributed by atoms with E-state index in [0.717, 1.165) is 32.1 Å². The lowest BCUT2D eigenvalue weighted by Gasteiger charge is -2.22. The highest BCUT2D eigenvalue weighted by molar-refractivity contribution is 5.79. The predicted octanol–water partition coefficient (Wildman–Crippen LogP) is 3.82. The molecule has 0 aromatic carbocycles. The summed E-state index contributed by atoms with van der Waals surface area (Å²) in [6, 6.07) is 0. The number of carbonyl (C=O) groups excluding carboxylic acids is 1. The molecule has 1 heteroatoms. The number of hydrogen-bond donors (Lipinski definition) is 0. The van der Waals surface area contributed by atoms with Gasteiger partial charge in [0.15, 0.2) is 0 Å². The molecule has 0 N–H and O–H groups in total. The van der Waals surface area contributed by atoms with Gasteiger partial charge in [-0.1, -0.05) is 37.8 Å². The van der Waals surface area contributed by atoms with Crippen LogP contribution in [0.5, 0.6) is 0 Å². The van der Waals surface area contributed by atoms with Crippen LogP contribution in [0, 0.1) is 5.92 Å². The Labute approximate surface area is 92.6 Å². The van der Waals surface area contributed by atoms with Crippen molar-refractivity contribution in [3.05, 3.63) is 36.5 Å². The molecular weight excluding hydrogens is 184 g/mol. The summed E-state index contributed by atoms with van der Waals surface area (Å²) in [5.41, 5.74) is 1.33. The summed E-state index contributed by atoms with van der Waals surface area (Å²) in [6.45, 7) is 5.87. The van der Waals surface area contributed by atoms with E-state index in [9.17, 15) is 4.79 Å². The lowest BCUT2D eigenvalue weighted by molar-refractivity contribution is -0.120. The Bertz CT molecular complexity index is 274. The van der Waals surface area contributed by atoms with Crippen LogP contribution in [-0.4, -0.2) is 5.78 Å². The number of hydrogen-bond acceptors (Lipinski definition) is 1. The van der Waals surface area contributed by atoms with E-state index in [1.54, 1.807) is 0 Å². The third-order valence-electron chi connectivity index (χ3n) is 2.87. The van der Waals surface area contributed by atoms with Gasteiger partial charge in [0.05, 0.1) is 0 Å². The molecule has 1 rings (SSSR count). The highest BCUT2D eigenvalue weighted by atomic mass is 16.1. The van der Waals surface area contributed by atoms with Crippen LogP contribution in [0.2, 0.25) is 0 Å². The average molecular weight is 204 g/mol. The molecule has 0 aromatic heterocycles. The molecule has 1 fully saturated rings. The summed E-state index contributed by atoms with van der Waals surface area (Å²) in [6.07, 6.45) is 12.8. The first-order chi connectivity index (χ1) is 7.27. The topological polar surface area (TPSA) is 17.1 Å². The van der Waals surface area contributed by atoms with Gasteiger partial charge < -0.3 is 0 Å². The Morgan fingerprint density at radius 2 is 2.13 bits per heavy atom. The van der Waals surface area contributed by atoms with Crippen LogP contribution in [-0.2, 0) is 4.79 Å². The number of ketones is 1. The normalized spacial score (nSPS) is 19.8. The molecule has 1 nitrogen and oxygen atoms in total. The molecule has 0 saturated heterocycles. The second-order valence-electron chi connectivity index (χ2n) is 4.03. The van der Waals surface area contributed by atoms with E-state index in [4.69, 9.17) is 0 Å². The molecule has 0 unspecified atom stereocenters. The van der Waals surface area contributed by atoms with Crippen molar-refractivity contribution in [2.45, 2.75) is 39.0 Å². The summed E-state index contributed by atoms with van der Waals surface area (Å²) in [5, 5.41) is 0. The van der Waals surface area contributed by atoms with Crippen LogP contribution in [0.3, 0.4) is 0 Å². The van der Waals surface area contributed by atoms with Crippen molar-refractivity contribution in [2.75, 3.05) is 0 Å². The van der Waals surface area contributed by atoms with Crippen LogP contribution in [0.4, 0.5) is 0 Å². The summed E-state index contributed by atoms with van der Waals surface area (Å²) in [5.74, 6) is 0.979. The van der Waals surface area contributed by atoms with Crippen molar-refractivity contribution in [3.8, 4) is 0 Å². The molecule has 1 saturated carbocycles. The summed E-state index contributed by atoms with van der Waals surface area (Å²) in [4.78, 5) is 11.1. The molecular formula is C14H20O. The highest BCUT2D eigenvalue weighted by Crippen LogP contribution is 2.28. The average Bonchev–Trinajstić information content (AvgIpc) is 2.25. The van der Waals surface area contributed by atoms with Crippen LogP contribution in [0.25, 0.3) is 0 Å². The Morgan fingerprint density at radius 3 is 2.67 bits per heavy atom. The number of Topliss-reactive ketones (excluding diaryl/α,β-unsaturated/α-hetero) is 1. The van der Waals surface area contributed by atoms with Crippen LogP contribution < -0.4 is 0 Å². The van der Waals surface area contributed by atoms with Crippen molar-refractivity contribution in [1.29, 1.82) is 0 Å². The SMILES string of the molecule is C=C/C=C(\C=C/CC)C1CCC(=O)CC1. The fourth-order valence-corrected chi connectivity index (χ4v) is 1.99. The van der Waals surface area contributed by atoms with Crippen molar-refractivity contribution in [3.63, 3.8) is 0 Å². The third-order valence-corrected chi connectivity index (χ3v) is 2.87. The van der Waals surface area contributed by atoms with Gasteiger partial charge in [0, 0.05) is 12.8 Å². The molecule has 0 heterocycles. The van der Waals surface area contributed by atoms with E-state index in [0.29, 0.717) is 11.7 Å². The van der Waals surface area contributed by atoms with Gasteiger partial charge in [-0.3, -0.25) is 4.79 Å². The lowest BCUT2D eigenvalue weighted by Crippen LogP contribution is -2.14. The van der Waals surface area contributed by atoms with Crippen LogP contribution >= 0.6 is 0 Å². The van der Waals surface area contributed by atoms with Crippen LogP contribution in [0.1, 0.15) is 39.0 Å². The van der Waals surface area contributed by atoms with E-state index in [1.807, 2.05) is 6.08 Å². The second-order valence-corrected chi connectivity index (χ2v) is 4.03. The molecule has 0 aromatic rings. The number of carbonyl (C=O) groups is 1. The van der Waals surface area contributed by atoms with Gasteiger partial charge in [-0.2, -0.15) is 0 Å². The standard InChI is InChI=1S/C14H20O/c1-3-5-7-12(6-4-2)13-8-10-14(15)11-9-13/h4-7,13H,2-3,8-11H2,1H3/b7-5-,12-6+. The maximum Gasteiger partial charge on any atom is 0.132 e. The third kappa shape index (κ3) is 3.86. The van der Waals surface area contributed by atoms with Crippen molar-refractivity contribution in [1.82, 2.24) is 0 Å². The van der Waals surface area contributed by atoms with Crippen molar-refractivity contribution >= 4 is 5.78 Å². The first kappa shape index (κ1) is 12.0. The van der Waals surface area contributed by atoms with Crippen LogP contribution in [0.15, 0.2) is 36.5 Å². The molecule has 0 amide bonds. The minimum atomic E-state index is 0.420. The smallest absolute Gasteiger partial charge is 0.132 e. The first-order valence-electron chi connectivity index (χ1n) is 5.78. The largest absolute Gasteiger partial charge is 0.300 e. The maximum absolute atomic E-state index is 11.1. The Kier molecular flexibility index (Phi) is 5.09. The minimum Gasteiger partial charge on any atom is -0.300 e. The minimum absolute atomic E-state index is 0.420. The van der Waals surface area contributed by atoms with E-state index < -0.39 is 0 Å². The highest BCUT2D eigenvalue weighted by Gasteiger charge is 2.20. The van der Waals surface area contributed by atoms with E-state index in [-0.39, 0.29) is 0 Å². The van der Waals surface area contributed by atoms with Gasteiger partial charge in [-0.15, -0.1) is 0 Å². The Balaban J connectivity index is 2.64. The van der Waals surface area contributed by atoms with Gasteiger partial charge in [0.2, 0.25) is 0 Å². The summed E-state index contributed by atoms with van der Waals surface area (Å²) in [7, 11) is 0. The molecule has 0 radical (unpaired) electrons. The zero-order chi connectivity index (χ0) is 11.1. The fraction of sp³-hybridized carbons (Fsp3) is 0.500. The maximum atomic E-state index is 11.1. The zero-order valence-electron chi connectivity index (χ0n) is 9.54. The predicted molar refractivity (Wildman–Crippen MR) is 64.7 cm³/mol. The molecule has 0 atom stereocenters. The van der Waals surface area contributed by atoms with E-state index >= 15 is 0 Å². The molecule has 1 aliphatic carbocycles. The molecule has 0 bridgehead atoms. The lowest BCUT2D eigenvalue weighted by atomic mass is 9.82. The van der Waals surface area contributed by atoms with Gasteiger partial charge in [-0.25, -0.2) is 0 Å². The van der Waals surface area contributed by atoms with Gasteiger partial charge in [-0.05, 0) is 30.8 Å². The molecule has 15 heavy (non-hydrogen) atoms. The Morgan fingerprint density at radius 1 is 1.47 bits per heavy atom. The van der Waals surface area contributed by atoms with Gasteiger partial charge >= 0.3 is 0 Å². The summed E-state index contributed by atoms with van der Waals surface area (Å²) < 4.78 is 0. The number of rotatable bonds is 4. The van der Waals surface area contributed by atoms with E-state index in [2.05, 4.69) is 31.7 Å². The zero-order valence-corrected chi connectivity index (χ0v) is 9.54. The molecule has 82 valence electrons. The van der Waals surface area contributed by atoms with Gasteiger partial charge in [0.25, 0.3) is 0 Å². The van der Waals surface area contributed by atoms with Crippen molar-refractivity contribution < 1.29 is 4.79 Å². The Hall–Kier alpha value is -1.11. The molecule has 0 aliphatic heterocycles. The summed E-state index contributed by atoms with van der Waals surface area (Å²) >= 11 is 0. The monoisotopic (exact) mass is 204 g/mol. The quantitative estimate of drug-likeness (QED) is 0.636. The van der Waals surface area contributed by atoms with Gasteiger partial charge in [0.1, 0.15) is 5.78 Å².